The molecule has 0 atom stereocenters. The van der Waals surface area contributed by atoms with Crippen molar-refractivity contribution in [3.8, 4) is 5.75 Å². The Morgan fingerprint density at radius 3 is 2.62 bits per heavy atom. The number of rotatable bonds is 6. The van der Waals surface area contributed by atoms with Crippen LogP contribution in [0.2, 0.25) is 0 Å². The molecular weight excluding hydrogens is 412 g/mol. The van der Waals surface area contributed by atoms with Gasteiger partial charge < -0.3 is 15.2 Å². The fourth-order valence-corrected chi connectivity index (χ4v) is 3.81. The van der Waals surface area contributed by atoms with Gasteiger partial charge in [-0.15, -0.1) is 0 Å². The van der Waals surface area contributed by atoms with Crippen molar-refractivity contribution in [2.24, 2.45) is 0 Å². The maximum atomic E-state index is 12.7. The van der Waals surface area contributed by atoms with Gasteiger partial charge in [-0.25, -0.2) is 4.79 Å². The van der Waals surface area contributed by atoms with Crippen LogP contribution < -0.4 is 10.1 Å². The maximum Gasteiger partial charge on any atom is 0.335 e. The number of anilines is 1. The number of carboxylic acid groups (broad SMARTS) is 1. The molecule has 0 radical (unpaired) electrons. The van der Waals surface area contributed by atoms with Crippen molar-refractivity contribution in [2.75, 3.05) is 19.0 Å². The van der Waals surface area contributed by atoms with Crippen LogP contribution in [-0.4, -0.2) is 45.8 Å². The Balaban J connectivity index is 1.67. The normalized spacial score (nSPS) is 14.9. The lowest BCUT2D eigenvalue weighted by Gasteiger charge is -2.14. The number of aromatic carboxylic acids is 1. The third kappa shape index (κ3) is 5.01. The van der Waals surface area contributed by atoms with Gasteiger partial charge >= 0.3 is 5.97 Å². The van der Waals surface area contributed by atoms with Crippen molar-refractivity contribution in [1.82, 2.24) is 4.90 Å². The van der Waals surface area contributed by atoms with Gasteiger partial charge in [0.2, 0.25) is 5.91 Å². The minimum Gasteiger partial charge on any atom is -0.497 e. The minimum absolute atomic E-state index is 0.114. The molecule has 148 valence electrons. The third-order valence-corrected chi connectivity index (χ3v) is 5.36. The van der Waals surface area contributed by atoms with E-state index in [4.69, 9.17) is 22.1 Å². The van der Waals surface area contributed by atoms with E-state index in [0.29, 0.717) is 20.7 Å². The molecule has 3 rings (SSSR count). The first kappa shape index (κ1) is 20.6. The Bertz CT molecular complexity index is 1020. The van der Waals surface area contributed by atoms with E-state index in [0.717, 1.165) is 17.3 Å². The number of carbonyl (C=O) groups excluding carboxylic acids is 2. The number of benzene rings is 2. The predicted octanol–water partition coefficient (Wildman–Crippen LogP) is 3.23. The van der Waals surface area contributed by atoms with Crippen LogP contribution in [0.4, 0.5) is 5.69 Å². The molecule has 0 aliphatic carbocycles. The summed E-state index contributed by atoms with van der Waals surface area (Å²) in [5.41, 5.74) is 1.33. The summed E-state index contributed by atoms with van der Waals surface area (Å²) in [7, 11) is 1.56. The summed E-state index contributed by atoms with van der Waals surface area (Å²) in [6, 6.07) is 13.0. The van der Waals surface area contributed by atoms with Crippen molar-refractivity contribution in [3.63, 3.8) is 0 Å². The van der Waals surface area contributed by atoms with E-state index >= 15 is 0 Å². The molecule has 1 heterocycles. The van der Waals surface area contributed by atoms with Crippen LogP contribution in [-0.2, 0) is 9.59 Å². The summed E-state index contributed by atoms with van der Waals surface area (Å²) in [5, 5.41) is 11.5. The summed E-state index contributed by atoms with van der Waals surface area (Å²) in [6.07, 6.45) is 1.70. The molecule has 1 aliphatic heterocycles. The van der Waals surface area contributed by atoms with Crippen molar-refractivity contribution in [2.45, 2.75) is 0 Å². The van der Waals surface area contributed by atoms with Gasteiger partial charge in [-0.3, -0.25) is 14.5 Å². The fourth-order valence-electron chi connectivity index (χ4n) is 2.56. The molecule has 2 amide bonds. The highest BCUT2D eigenvalue weighted by atomic mass is 32.2. The number of nitrogens with one attached hydrogen (secondary N) is 1. The quantitative estimate of drug-likeness (QED) is 0.539. The topological polar surface area (TPSA) is 95.9 Å². The van der Waals surface area contributed by atoms with Gasteiger partial charge in [0, 0.05) is 5.69 Å². The van der Waals surface area contributed by atoms with Gasteiger partial charge in [-0.1, -0.05) is 36.1 Å². The number of amides is 2. The second kappa shape index (κ2) is 8.89. The Hall–Kier alpha value is -3.17. The van der Waals surface area contributed by atoms with Crippen LogP contribution in [0, 0.1) is 0 Å². The monoisotopic (exact) mass is 428 g/mol. The van der Waals surface area contributed by atoms with Crippen molar-refractivity contribution < 1.29 is 24.2 Å². The molecule has 2 aromatic carbocycles. The zero-order valence-corrected chi connectivity index (χ0v) is 16.9. The van der Waals surface area contributed by atoms with Crippen LogP contribution in [0.1, 0.15) is 15.9 Å². The van der Waals surface area contributed by atoms with Crippen LogP contribution in [0.15, 0.2) is 53.4 Å². The average Bonchev–Trinajstić information content (AvgIpc) is 2.96. The molecular formula is C20H16N2O5S2. The number of nitrogens with zero attached hydrogens (tertiary/aromatic N) is 1. The molecule has 0 unspecified atom stereocenters. The number of thiocarbonyl (C=S) groups is 1. The first-order valence-electron chi connectivity index (χ1n) is 8.40. The van der Waals surface area contributed by atoms with E-state index in [1.165, 1.54) is 29.2 Å². The molecule has 0 aromatic heterocycles. The summed E-state index contributed by atoms with van der Waals surface area (Å²) in [4.78, 5) is 37.5. The highest BCUT2D eigenvalue weighted by Crippen LogP contribution is 2.32. The fraction of sp³-hybridized carbons (Fsp3) is 0.100. The van der Waals surface area contributed by atoms with E-state index in [-0.39, 0.29) is 18.0 Å². The van der Waals surface area contributed by atoms with Crippen molar-refractivity contribution >= 4 is 57.8 Å². The van der Waals surface area contributed by atoms with E-state index in [2.05, 4.69) is 5.32 Å². The number of carboxylic acids is 1. The lowest BCUT2D eigenvalue weighted by Crippen LogP contribution is -2.36. The summed E-state index contributed by atoms with van der Waals surface area (Å²) < 4.78 is 5.47. The zero-order valence-electron chi connectivity index (χ0n) is 15.2. The van der Waals surface area contributed by atoms with E-state index in [9.17, 15) is 14.4 Å². The Morgan fingerprint density at radius 2 is 1.97 bits per heavy atom. The van der Waals surface area contributed by atoms with E-state index < -0.39 is 11.9 Å². The van der Waals surface area contributed by atoms with Gasteiger partial charge in [-0.2, -0.15) is 0 Å². The number of ether oxygens (including phenoxy) is 1. The predicted molar refractivity (Wildman–Crippen MR) is 115 cm³/mol. The minimum atomic E-state index is -1.05. The molecule has 1 saturated heterocycles. The van der Waals surface area contributed by atoms with E-state index in [1.807, 2.05) is 12.1 Å². The molecule has 29 heavy (non-hydrogen) atoms. The molecule has 1 fully saturated rings. The summed E-state index contributed by atoms with van der Waals surface area (Å²) >= 11 is 6.37. The SMILES string of the molecule is COc1cccc(/C=C2/SC(=S)N(CC(=O)Nc3ccc(C(=O)O)cc3)C2=O)c1. The Labute approximate surface area is 176 Å². The lowest BCUT2D eigenvalue weighted by molar-refractivity contribution is -0.126. The zero-order chi connectivity index (χ0) is 21.0. The van der Waals surface area contributed by atoms with Crippen molar-refractivity contribution in [3.05, 3.63) is 64.6 Å². The molecule has 7 nitrogen and oxygen atoms in total. The highest BCUT2D eigenvalue weighted by Gasteiger charge is 2.33. The second-order valence-corrected chi connectivity index (χ2v) is 7.65. The molecule has 2 N–H and O–H groups in total. The molecule has 0 spiro atoms. The van der Waals surface area contributed by atoms with Gasteiger partial charge in [0.15, 0.2) is 0 Å². The molecule has 1 aliphatic rings. The van der Waals surface area contributed by atoms with Crippen LogP contribution in [0.25, 0.3) is 6.08 Å². The maximum absolute atomic E-state index is 12.7. The van der Waals surface area contributed by atoms with Gasteiger partial charge in [0.05, 0.1) is 17.6 Å². The summed E-state index contributed by atoms with van der Waals surface area (Å²) in [6.45, 7) is -0.235. The lowest BCUT2D eigenvalue weighted by atomic mass is 10.2. The van der Waals surface area contributed by atoms with E-state index in [1.54, 1.807) is 25.3 Å². The van der Waals surface area contributed by atoms with Crippen LogP contribution in [0.5, 0.6) is 5.75 Å². The molecule has 9 heteroatoms. The summed E-state index contributed by atoms with van der Waals surface area (Å²) in [5.74, 6) is -1.17. The van der Waals surface area contributed by atoms with Crippen LogP contribution >= 0.6 is 24.0 Å². The second-order valence-electron chi connectivity index (χ2n) is 5.98. The number of thioether (sulfide) groups is 1. The molecule has 0 saturated carbocycles. The number of carbonyl (C=O) groups is 3. The van der Waals surface area contributed by atoms with Gasteiger partial charge in [-0.05, 0) is 48.0 Å². The standard InChI is InChI=1S/C20H16N2O5S2/c1-27-15-4-2-3-12(9-15)10-16-18(24)22(20(28)29-16)11-17(23)21-14-7-5-13(6-8-14)19(25)26/h2-10H,11H2,1H3,(H,21,23)(H,25,26)/b16-10+. The Morgan fingerprint density at radius 1 is 1.24 bits per heavy atom. The highest BCUT2D eigenvalue weighted by molar-refractivity contribution is 8.26. The molecule has 0 bridgehead atoms. The number of hydrogen-bond donors (Lipinski definition) is 2. The largest absolute Gasteiger partial charge is 0.497 e. The van der Waals surface area contributed by atoms with Gasteiger partial charge in [0.1, 0.15) is 16.6 Å². The molecule has 2 aromatic rings. The Kier molecular flexibility index (Phi) is 6.30. The third-order valence-electron chi connectivity index (χ3n) is 3.98. The first-order valence-corrected chi connectivity index (χ1v) is 9.62. The average molecular weight is 428 g/mol. The number of hydrogen-bond acceptors (Lipinski definition) is 6. The smallest absolute Gasteiger partial charge is 0.335 e. The van der Waals surface area contributed by atoms with Gasteiger partial charge in [0.25, 0.3) is 5.91 Å². The first-order chi connectivity index (χ1) is 13.9. The number of methoxy groups -OCH3 is 1. The van der Waals surface area contributed by atoms with Crippen LogP contribution in [0.3, 0.4) is 0 Å². The van der Waals surface area contributed by atoms with Crippen molar-refractivity contribution in [1.29, 1.82) is 0 Å².